The Morgan fingerprint density at radius 1 is 1.43 bits per heavy atom. The Bertz CT molecular complexity index is 297. The molecule has 2 heterocycles. The second-order valence-corrected chi connectivity index (χ2v) is 4.72. The minimum atomic E-state index is 0.584. The molecule has 1 fully saturated rings. The predicted octanol–water partition coefficient (Wildman–Crippen LogP) is 1.97. The van der Waals surface area contributed by atoms with E-state index in [-0.39, 0.29) is 0 Å². The number of anilines is 2. The molecule has 0 bridgehead atoms. The molecule has 0 spiro atoms. The predicted molar refractivity (Wildman–Crippen MR) is 62.6 cm³/mol. The minimum Gasteiger partial charge on any atom is -0.396 e. The van der Waals surface area contributed by atoms with Crippen molar-refractivity contribution in [3.05, 3.63) is 18.5 Å². The van der Waals surface area contributed by atoms with Crippen molar-refractivity contribution in [1.29, 1.82) is 0 Å². The van der Waals surface area contributed by atoms with Gasteiger partial charge >= 0.3 is 0 Å². The van der Waals surface area contributed by atoms with Gasteiger partial charge in [0.2, 0.25) is 0 Å². The summed E-state index contributed by atoms with van der Waals surface area (Å²) in [5, 5.41) is 3.47. The fourth-order valence-electron chi connectivity index (χ4n) is 1.60. The molecule has 1 aromatic heterocycles. The molecule has 0 aromatic carbocycles. The van der Waals surface area contributed by atoms with Crippen LogP contribution in [0.5, 0.6) is 0 Å². The number of hydrogen-bond donors (Lipinski definition) is 2. The highest BCUT2D eigenvalue weighted by molar-refractivity contribution is 7.99. The third kappa shape index (κ3) is 2.32. The zero-order valence-electron chi connectivity index (χ0n) is 8.07. The van der Waals surface area contributed by atoms with Crippen LogP contribution in [0.4, 0.5) is 11.4 Å². The maximum absolute atomic E-state index is 5.81. The number of nitrogens with one attached hydrogen (secondary N) is 1. The van der Waals surface area contributed by atoms with Gasteiger partial charge in [0.05, 0.1) is 17.6 Å². The van der Waals surface area contributed by atoms with Crippen LogP contribution >= 0.6 is 11.8 Å². The van der Waals surface area contributed by atoms with Gasteiger partial charge in [0.15, 0.2) is 0 Å². The SMILES string of the molecule is Nc1cnccc1NC1CCSCC1. The first-order valence-corrected chi connectivity index (χ1v) is 6.05. The topological polar surface area (TPSA) is 50.9 Å². The average molecular weight is 209 g/mol. The Balaban J connectivity index is 1.99. The summed E-state index contributed by atoms with van der Waals surface area (Å²) in [6.07, 6.45) is 5.93. The van der Waals surface area contributed by atoms with E-state index in [0.717, 1.165) is 11.4 Å². The number of thioether (sulfide) groups is 1. The highest BCUT2D eigenvalue weighted by atomic mass is 32.2. The lowest BCUT2D eigenvalue weighted by Crippen LogP contribution is -2.24. The van der Waals surface area contributed by atoms with Crippen molar-refractivity contribution in [2.45, 2.75) is 18.9 Å². The van der Waals surface area contributed by atoms with Crippen LogP contribution in [0.1, 0.15) is 12.8 Å². The first-order chi connectivity index (χ1) is 6.86. The average Bonchev–Trinajstić information content (AvgIpc) is 2.23. The van der Waals surface area contributed by atoms with Crippen LogP contribution in [0.2, 0.25) is 0 Å². The van der Waals surface area contributed by atoms with Crippen LogP contribution in [-0.4, -0.2) is 22.5 Å². The fourth-order valence-corrected chi connectivity index (χ4v) is 2.71. The summed E-state index contributed by atoms with van der Waals surface area (Å²) in [6.45, 7) is 0. The van der Waals surface area contributed by atoms with Crippen molar-refractivity contribution in [3.63, 3.8) is 0 Å². The maximum Gasteiger partial charge on any atom is 0.0736 e. The molecular formula is C10H15N3S. The van der Waals surface area contributed by atoms with Crippen LogP contribution in [0.25, 0.3) is 0 Å². The zero-order chi connectivity index (χ0) is 9.80. The minimum absolute atomic E-state index is 0.584. The Kier molecular flexibility index (Phi) is 3.14. The normalized spacial score (nSPS) is 18.0. The zero-order valence-corrected chi connectivity index (χ0v) is 8.89. The summed E-state index contributed by atoms with van der Waals surface area (Å²) in [7, 11) is 0. The standard InChI is InChI=1S/C10H15N3S/c11-9-7-12-4-1-10(9)13-8-2-5-14-6-3-8/h1,4,7-8H,2-3,5-6,11H2,(H,12,13). The summed E-state index contributed by atoms with van der Waals surface area (Å²) in [5.74, 6) is 2.51. The monoisotopic (exact) mass is 209 g/mol. The van der Waals surface area contributed by atoms with Gasteiger partial charge in [0, 0.05) is 12.2 Å². The molecular weight excluding hydrogens is 194 g/mol. The van der Waals surface area contributed by atoms with E-state index in [0.29, 0.717) is 6.04 Å². The Labute approximate surface area is 88.5 Å². The van der Waals surface area contributed by atoms with Crippen molar-refractivity contribution in [2.24, 2.45) is 0 Å². The number of nitrogens with two attached hydrogens (primary N) is 1. The molecule has 4 heteroatoms. The van der Waals surface area contributed by atoms with Crippen molar-refractivity contribution in [1.82, 2.24) is 4.98 Å². The molecule has 3 nitrogen and oxygen atoms in total. The van der Waals surface area contributed by atoms with Crippen molar-refractivity contribution >= 4 is 23.1 Å². The first-order valence-electron chi connectivity index (χ1n) is 4.90. The molecule has 1 aromatic rings. The number of aromatic nitrogens is 1. The molecule has 0 unspecified atom stereocenters. The molecule has 3 N–H and O–H groups in total. The molecule has 76 valence electrons. The summed E-state index contributed by atoms with van der Waals surface area (Å²) in [5.41, 5.74) is 7.57. The van der Waals surface area contributed by atoms with Crippen LogP contribution in [-0.2, 0) is 0 Å². The van der Waals surface area contributed by atoms with Crippen LogP contribution in [0.3, 0.4) is 0 Å². The van der Waals surface area contributed by atoms with E-state index in [1.165, 1.54) is 24.3 Å². The Hall–Kier alpha value is -0.900. The molecule has 0 aliphatic carbocycles. The maximum atomic E-state index is 5.81. The summed E-state index contributed by atoms with van der Waals surface area (Å²) in [6, 6.07) is 2.53. The lowest BCUT2D eigenvalue weighted by molar-refractivity contribution is 0.667. The molecule has 0 radical (unpaired) electrons. The van der Waals surface area contributed by atoms with E-state index in [4.69, 9.17) is 5.73 Å². The largest absolute Gasteiger partial charge is 0.396 e. The van der Waals surface area contributed by atoms with Gasteiger partial charge in [-0.1, -0.05) is 0 Å². The van der Waals surface area contributed by atoms with Gasteiger partial charge < -0.3 is 11.1 Å². The van der Waals surface area contributed by atoms with E-state index in [1.54, 1.807) is 12.4 Å². The van der Waals surface area contributed by atoms with Gasteiger partial charge in [-0.05, 0) is 30.4 Å². The quantitative estimate of drug-likeness (QED) is 0.782. The Morgan fingerprint density at radius 2 is 2.21 bits per heavy atom. The lowest BCUT2D eigenvalue weighted by atomic mass is 10.1. The molecule has 0 saturated carbocycles. The van der Waals surface area contributed by atoms with Crippen molar-refractivity contribution < 1.29 is 0 Å². The molecule has 1 saturated heterocycles. The number of nitrogens with zero attached hydrogens (tertiary/aromatic N) is 1. The van der Waals surface area contributed by atoms with E-state index in [9.17, 15) is 0 Å². The highest BCUT2D eigenvalue weighted by Crippen LogP contribution is 2.23. The molecule has 2 rings (SSSR count). The molecule has 1 aliphatic heterocycles. The van der Waals surface area contributed by atoms with Crippen LogP contribution in [0, 0.1) is 0 Å². The van der Waals surface area contributed by atoms with Gasteiger partial charge in [0.25, 0.3) is 0 Å². The number of pyridine rings is 1. The number of rotatable bonds is 2. The summed E-state index contributed by atoms with van der Waals surface area (Å²) in [4.78, 5) is 3.97. The second kappa shape index (κ2) is 4.55. The van der Waals surface area contributed by atoms with E-state index in [1.807, 2.05) is 17.8 Å². The lowest BCUT2D eigenvalue weighted by Gasteiger charge is -2.24. The van der Waals surface area contributed by atoms with Gasteiger partial charge in [-0.25, -0.2) is 0 Å². The molecule has 0 atom stereocenters. The van der Waals surface area contributed by atoms with Crippen LogP contribution < -0.4 is 11.1 Å². The van der Waals surface area contributed by atoms with E-state index >= 15 is 0 Å². The first kappa shape index (κ1) is 9.65. The third-order valence-corrected chi connectivity index (χ3v) is 3.48. The number of nitrogen functional groups attached to an aromatic ring is 1. The van der Waals surface area contributed by atoms with E-state index in [2.05, 4.69) is 10.3 Å². The summed E-state index contributed by atoms with van der Waals surface area (Å²) < 4.78 is 0. The highest BCUT2D eigenvalue weighted by Gasteiger charge is 2.13. The van der Waals surface area contributed by atoms with Gasteiger partial charge in [0.1, 0.15) is 0 Å². The van der Waals surface area contributed by atoms with Gasteiger partial charge in [-0.2, -0.15) is 11.8 Å². The smallest absolute Gasteiger partial charge is 0.0736 e. The molecule has 0 amide bonds. The van der Waals surface area contributed by atoms with Crippen molar-refractivity contribution in [2.75, 3.05) is 22.6 Å². The molecule has 14 heavy (non-hydrogen) atoms. The summed E-state index contributed by atoms with van der Waals surface area (Å²) >= 11 is 2.03. The van der Waals surface area contributed by atoms with Crippen LogP contribution in [0.15, 0.2) is 18.5 Å². The van der Waals surface area contributed by atoms with Gasteiger partial charge in [-0.15, -0.1) is 0 Å². The van der Waals surface area contributed by atoms with Gasteiger partial charge in [-0.3, -0.25) is 4.98 Å². The Morgan fingerprint density at radius 3 is 2.93 bits per heavy atom. The number of hydrogen-bond acceptors (Lipinski definition) is 4. The second-order valence-electron chi connectivity index (χ2n) is 3.49. The fraction of sp³-hybridized carbons (Fsp3) is 0.500. The van der Waals surface area contributed by atoms with Crippen molar-refractivity contribution in [3.8, 4) is 0 Å². The third-order valence-electron chi connectivity index (χ3n) is 2.43. The van der Waals surface area contributed by atoms with E-state index < -0.39 is 0 Å². The molecule has 1 aliphatic rings.